The summed E-state index contributed by atoms with van der Waals surface area (Å²) in [6.07, 6.45) is 0. The zero-order chi connectivity index (χ0) is 18.4. The highest BCUT2D eigenvalue weighted by atomic mass is 16.7. The molecule has 5 heteroatoms. The average Bonchev–Trinajstić information content (AvgIpc) is 2.76. The molecular formula is C20H33BN2O2. The number of piperazine rings is 1. The first kappa shape index (κ1) is 18.7. The third kappa shape index (κ3) is 3.60. The number of likely N-dealkylation sites (N-methyl/N-ethyl adjacent to an activating group) is 1. The average molecular weight is 344 g/mol. The van der Waals surface area contributed by atoms with Crippen LogP contribution in [0.4, 0.5) is 5.69 Å². The molecule has 1 atom stereocenters. The lowest BCUT2D eigenvalue weighted by Gasteiger charge is -2.42. The van der Waals surface area contributed by atoms with Crippen molar-refractivity contribution in [2.75, 3.05) is 31.6 Å². The molecule has 4 nitrogen and oxygen atoms in total. The van der Waals surface area contributed by atoms with Crippen LogP contribution in [0.25, 0.3) is 0 Å². The van der Waals surface area contributed by atoms with E-state index in [4.69, 9.17) is 9.31 Å². The van der Waals surface area contributed by atoms with E-state index in [9.17, 15) is 0 Å². The summed E-state index contributed by atoms with van der Waals surface area (Å²) >= 11 is 0. The second-order valence-corrected chi connectivity index (χ2v) is 8.92. The summed E-state index contributed by atoms with van der Waals surface area (Å²) in [7, 11) is 1.96. The standard InChI is InChI=1S/C20H33BN2O2/c1-15(2)18-14-23(13-12-22(18)7)17-10-8-16(9-11-17)21-24-19(3,4)20(5,6)25-21/h8-11,15,18H,12-14H2,1-7H3. The molecule has 0 N–H and O–H groups in total. The first-order valence-corrected chi connectivity index (χ1v) is 9.51. The fourth-order valence-electron chi connectivity index (χ4n) is 3.68. The van der Waals surface area contributed by atoms with Crippen LogP contribution in [0.15, 0.2) is 24.3 Å². The monoisotopic (exact) mass is 344 g/mol. The summed E-state index contributed by atoms with van der Waals surface area (Å²) in [6.45, 7) is 16.3. The van der Waals surface area contributed by atoms with E-state index in [1.165, 1.54) is 5.69 Å². The minimum absolute atomic E-state index is 0.282. The maximum Gasteiger partial charge on any atom is 0.494 e. The minimum atomic E-state index is -0.293. The fourth-order valence-corrected chi connectivity index (χ4v) is 3.68. The molecule has 2 aliphatic rings. The smallest absolute Gasteiger partial charge is 0.399 e. The van der Waals surface area contributed by atoms with Gasteiger partial charge in [-0.25, -0.2) is 0 Å². The van der Waals surface area contributed by atoms with E-state index in [0.717, 1.165) is 25.1 Å². The van der Waals surface area contributed by atoms with Crippen LogP contribution in [0.1, 0.15) is 41.5 Å². The molecular weight excluding hydrogens is 311 g/mol. The maximum atomic E-state index is 6.16. The molecule has 1 unspecified atom stereocenters. The first-order valence-electron chi connectivity index (χ1n) is 9.51. The summed E-state index contributed by atoms with van der Waals surface area (Å²) in [5.74, 6) is 0.664. The van der Waals surface area contributed by atoms with E-state index in [2.05, 4.69) is 82.7 Å². The van der Waals surface area contributed by atoms with Gasteiger partial charge in [-0.2, -0.15) is 0 Å². The highest BCUT2D eigenvalue weighted by Gasteiger charge is 2.51. The summed E-state index contributed by atoms with van der Waals surface area (Å²) in [4.78, 5) is 4.98. The molecule has 138 valence electrons. The van der Waals surface area contributed by atoms with Gasteiger partial charge in [-0.1, -0.05) is 26.0 Å². The lowest BCUT2D eigenvalue weighted by atomic mass is 9.79. The van der Waals surface area contributed by atoms with Crippen LogP contribution in [0, 0.1) is 5.92 Å². The van der Waals surface area contributed by atoms with E-state index in [-0.39, 0.29) is 18.3 Å². The highest BCUT2D eigenvalue weighted by Crippen LogP contribution is 2.36. The Hall–Kier alpha value is -1.04. The fraction of sp³-hybridized carbons (Fsp3) is 0.700. The maximum absolute atomic E-state index is 6.16. The SMILES string of the molecule is CC(C)C1CN(c2ccc(B3OC(C)(C)C(C)(C)O3)cc2)CCN1C. The van der Waals surface area contributed by atoms with Gasteiger partial charge < -0.3 is 14.2 Å². The Bertz CT molecular complexity index is 584. The van der Waals surface area contributed by atoms with Crippen molar-refractivity contribution in [3.8, 4) is 0 Å². The Morgan fingerprint density at radius 2 is 1.56 bits per heavy atom. The van der Waals surface area contributed by atoms with Gasteiger partial charge in [-0.3, -0.25) is 4.90 Å². The third-order valence-corrected chi connectivity index (χ3v) is 6.25. The molecule has 0 saturated carbocycles. The van der Waals surface area contributed by atoms with Crippen LogP contribution < -0.4 is 10.4 Å². The van der Waals surface area contributed by atoms with Crippen LogP contribution in [-0.2, 0) is 9.31 Å². The predicted molar refractivity (Wildman–Crippen MR) is 106 cm³/mol. The van der Waals surface area contributed by atoms with Crippen molar-refractivity contribution in [1.82, 2.24) is 4.90 Å². The van der Waals surface area contributed by atoms with E-state index < -0.39 is 0 Å². The van der Waals surface area contributed by atoms with Crippen molar-refractivity contribution in [2.24, 2.45) is 5.92 Å². The zero-order valence-corrected chi connectivity index (χ0v) is 16.9. The molecule has 25 heavy (non-hydrogen) atoms. The second-order valence-electron chi connectivity index (χ2n) is 8.92. The van der Waals surface area contributed by atoms with E-state index >= 15 is 0 Å². The molecule has 1 aromatic carbocycles. The molecule has 0 bridgehead atoms. The molecule has 3 rings (SSSR count). The Morgan fingerprint density at radius 1 is 1.00 bits per heavy atom. The Morgan fingerprint density at radius 3 is 2.08 bits per heavy atom. The number of hydrogen-bond donors (Lipinski definition) is 0. The topological polar surface area (TPSA) is 24.9 Å². The van der Waals surface area contributed by atoms with Gasteiger partial charge in [0.25, 0.3) is 0 Å². The van der Waals surface area contributed by atoms with Crippen LogP contribution in [0.2, 0.25) is 0 Å². The van der Waals surface area contributed by atoms with Gasteiger partial charge in [0.1, 0.15) is 0 Å². The molecule has 0 radical (unpaired) electrons. The number of hydrogen-bond acceptors (Lipinski definition) is 4. The quantitative estimate of drug-likeness (QED) is 0.788. The molecule has 0 aromatic heterocycles. The lowest BCUT2D eigenvalue weighted by molar-refractivity contribution is 0.00578. The Kier molecular flexibility index (Phi) is 4.95. The van der Waals surface area contributed by atoms with Gasteiger partial charge in [-0.05, 0) is 58.3 Å². The van der Waals surface area contributed by atoms with E-state index in [1.807, 2.05) is 0 Å². The van der Waals surface area contributed by atoms with Gasteiger partial charge >= 0.3 is 7.12 Å². The lowest BCUT2D eigenvalue weighted by Crippen LogP contribution is -2.53. The van der Waals surface area contributed by atoms with E-state index in [0.29, 0.717) is 12.0 Å². The summed E-state index contributed by atoms with van der Waals surface area (Å²) in [5, 5.41) is 0. The largest absolute Gasteiger partial charge is 0.494 e. The minimum Gasteiger partial charge on any atom is -0.399 e. The summed E-state index contributed by atoms with van der Waals surface area (Å²) < 4.78 is 12.3. The van der Waals surface area contributed by atoms with E-state index in [1.54, 1.807) is 0 Å². The van der Waals surface area contributed by atoms with Gasteiger partial charge in [0, 0.05) is 31.4 Å². The van der Waals surface area contributed by atoms with Crippen molar-refractivity contribution in [3.63, 3.8) is 0 Å². The van der Waals surface area contributed by atoms with Crippen molar-refractivity contribution in [3.05, 3.63) is 24.3 Å². The predicted octanol–water partition coefficient (Wildman–Crippen LogP) is 2.76. The van der Waals surface area contributed by atoms with Crippen LogP contribution in [0.5, 0.6) is 0 Å². The van der Waals surface area contributed by atoms with Crippen LogP contribution in [-0.4, -0.2) is 55.9 Å². The van der Waals surface area contributed by atoms with Gasteiger partial charge in [0.05, 0.1) is 11.2 Å². The number of rotatable bonds is 3. The Labute approximate surface area is 153 Å². The van der Waals surface area contributed by atoms with Gasteiger partial charge in [0.15, 0.2) is 0 Å². The van der Waals surface area contributed by atoms with Crippen molar-refractivity contribution >= 4 is 18.3 Å². The van der Waals surface area contributed by atoms with Gasteiger partial charge in [0.2, 0.25) is 0 Å². The van der Waals surface area contributed by atoms with Crippen molar-refractivity contribution in [1.29, 1.82) is 0 Å². The van der Waals surface area contributed by atoms with Crippen LogP contribution >= 0.6 is 0 Å². The molecule has 0 spiro atoms. The number of benzene rings is 1. The third-order valence-electron chi connectivity index (χ3n) is 6.25. The summed E-state index contributed by atoms with van der Waals surface area (Å²) in [6, 6.07) is 9.34. The molecule has 0 aliphatic carbocycles. The van der Waals surface area contributed by atoms with Gasteiger partial charge in [-0.15, -0.1) is 0 Å². The molecule has 2 saturated heterocycles. The van der Waals surface area contributed by atoms with Crippen molar-refractivity contribution < 1.29 is 9.31 Å². The first-order chi connectivity index (χ1) is 11.6. The molecule has 2 fully saturated rings. The Balaban J connectivity index is 1.71. The highest BCUT2D eigenvalue weighted by molar-refractivity contribution is 6.62. The molecule has 2 aliphatic heterocycles. The second kappa shape index (κ2) is 6.60. The molecule has 2 heterocycles. The van der Waals surface area contributed by atoms with Crippen LogP contribution in [0.3, 0.4) is 0 Å². The zero-order valence-electron chi connectivity index (χ0n) is 16.9. The normalized spacial score (nSPS) is 26.5. The number of anilines is 1. The molecule has 0 amide bonds. The molecule has 1 aromatic rings. The number of nitrogens with zero attached hydrogens (tertiary/aromatic N) is 2. The summed E-state index contributed by atoms with van der Waals surface area (Å²) in [5.41, 5.74) is 1.80. The van der Waals surface area contributed by atoms with Crippen molar-refractivity contribution in [2.45, 2.75) is 58.8 Å².